The summed E-state index contributed by atoms with van der Waals surface area (Å²) in [6.07, 6.45) is 0. The zero-order valence-corrected chi connectivity index (χ0v) is 10.3. The van der Waals surface area contributed by atoms with Gasteiger partial charge in [-0.2, -0.15) is 5.48 Å². The first kappa shape index (κ1) is 14.4. The maximum Gasteiger partial charge on any atom is 0.273 e. The van der Waals surface area contributed by atoms with Crippen molar-refractivity contribution in [3.8, 4) is 5.75 Å². The Hall–Kier alpha value is -1.70. The second-order valence-corrected chi connectivity index (χ2v) is 3.46. The summed E-state index contributed by atoms with van der Waals surface area (Å²) in [5, 5.41) is 10.7. The second kappa shape index (κ2) is 7.59. The van der Waals surface area contributed by atoms with Gasteiger partial charge in [0.1, 0.15) is 5.75 Å². The molecule has 0 aliphatic heterocycles. The van der Waals surface area contributed by atoms with Crippen LogP contribution < -0.4 is 10.2 Å². The monoisotopic (exact) mass is 256 g/mol. The molecular weight excluding hydrogens is 240 g/mol. The van der Waals surface area contributed by atoms with Crippen LogP contribution in [0.3, 0.4) is 0 Å². The number of methoxy groups -OCH3 is 2. The van der Waals surface area contributed by atoms with Crippen molar-refractivity contribution in [3.05, 3.63) is 33.9 Å². The Morgan fingerprint density at radius 1 is 1.28 bits per heavy atom. The molecule has 7 nitrogen and oxygen atoms in total. The first-order valence-electron chi connectivity index (χ1n) is 5.33. The van der Waals surface area contributed by atoms with Crippen LogP contribution in [0.5, 0.6) is 5.75 Å². The molecule has 0 aliphatic rings. The van der Waals surface area contributed by atoms with E-state index in [0.717, 1.165) is 0 Å². The third kappa shape index (κ3) is 4.66. The van der Waals surface area contributed by atoms with E-state index in [2.05, 4.69) is 5.48 Å². The van der Waals surface area contributed by atoms with Crippen molar-refractivity contribution in [2.75, 3.05) is 27.4 Å². The van der Waals surface area contributed by atoms with Crippen molar-refractivity contribution in [2.45, 2.75) is 6.54 Å². The predicted octanol–water partition coefficient (Wildman–Crippen LogP) is 1.27. The lowest BCUT2D eigenvalue weighted by Gasteiger charge is -2.07. The van der Waals surface area contributed by atoms with E-state index in [1.54, 1.807) is 13.2 Å². The van der Waals surface area contributed by atoms with Gasteiger partial charge in [-0.3, -0.25) is 15.0 Å². The van der Waals surface area contributed by atoms with E-state index >= 15 is 0 Å². The highest BCUT2D eigenvalue weighted by Crippen LogP contribution is 2.22. The maximum atomic E-state index is 10.7. The first-order valence-corrected chi connectivity index (χ1v) is 5.33. The molecule has 0 unspecified atom stereocenters. The van der Waals surface area contributed by atoms with E-state index in [0.29, 0.717) is 31.1 Å². The Morgan fingerprint density at radius 3 is 2.67 bits per heavy atom. The average Bonchev–Trinajstić information content (AvgIpc) is 2.38. The van der Waals surface area contributed by atoms with Crippen molar-refractivity contribution in [1.29, 1.82) is 0 Å². The molecule has 1 aromatic rings. The minimum absolute atomic E-state index is 0.0111. The number of ether oxygens (including phenoxy) is 2. The van der Waals surface area contributed by atoms with Crippen molar-refractivity contribution in [1.82, 2.24) is 5.48 Å². The molecule has 18 heavy (non-hydrogen) atoms. The fourth-order valence-electron chi connectivity index (χ4n) is 1.30. The van der Waals surface area contributed by atoms with Gasteiger partial charge in [0.2, 0.25) is 0 Å². The Balaban J connectivity index is 2.58. The molecule has 0 spiro atoms. The smallest absolute Gasteiger partial charge is 0.273 e. The van der Waals surface area contributed by atoms with Crippen LogP contribution in [-0.2, 0) is 16.1 Å². The van der Waals surface area contributed by atoms with E-state index in [1.807, 2.05) is 0 Å². The van der Waals surface area contributed by atoms with Crippen LogP contribution in [0.1, 0.15) is 5.56 Å². The topological polar surface area (TPSA) is 82.9 Å². The van der Waals surface area contributed by atoms with Crippen LogP contribution in [0.4, 0.5) is 5.69 Å². The standard InChI is InChI=1S/C11H16N2O5/c1-16-3-4-18-12-8-9-5-10(13(14)15)7-11(6-9)17-2/h5-7,12H,3-4,8H2,1-2H3. The molecule has 7 heteroatoms. The Labute approximate surface area is 105 Å². The van der Waals surface area contributed by atoms with Gasteiger partial charge in [0, 0.05) is 19.7 Å². The summed E-state index contributed by atoms with van der Waals surface area (Å²) in [5.74, 6) is 0.442. The van der Waals surface area contributed by atoms with Gasteiger partial charge in [-0.1, -0.05) is 0 Å². The number of nitro benzene ring substituents is 1. The number of nitrogens with zero attached hydrogens (tertiary/aromatic N) is 1. The van der Waals surface area contributed by atoms with Gasteiger partial charge in [0.05, 0.1) is 31.3 Å². The van der Waals surface area contributed by atoms with Gasteiger partial charge >= 0.3 is 0 Å². The van der Waals surface area contributed by atoms with Crippen molar-refractivity contribution in [3.63, 3.8) is 0 Å². The fourth-order valence-corrected chi connectivity index (χ4v) is 1.30. The Kier molecular flexibility index (Phi) is 6.06. The van der Waals surface area contributed by atoms with Crippen LogP contribution >= 0.6 is 0 Å². The molecule has 0 saturated carbocycles. The lowest BCUT2D eigenvalue weighted by atomic mass is 10.2. The van der Waals surface area contributed by atoms with Gasteiger partial charge in [-0.15, -0.1) is 0 Å². The minimum atomic E-state index is -0.461. The van der Waals surface area contributed by atoms with Gasteiger partial charge in [-0.05, 0) is 11.6 Å². The zero-order chi connectivity index (χ0) is 13.4. The molecule has 0 bridgehead atoms. The highest BCUT2D eigenvalue weighted by molar-refractivity contribution is 5.42. The summed E-state index contributed by atoms with van der Waals surface area (Å²) in [5.41, 5.74) is 3.39. The predicted molar refractivity (Wildman–Crippen MR) is 64.3 cm³/mol. The molecule has 1 rings (SSSR count). The lowest BCUT2D eigenvalue weighted by Crippen LogP contribution is -2.17. The van der Waals surface area contributed by atoms with E-state index < -0.39 is 4.92 Å². The van der Waals surface area contributed by atoms with E-state index in [4.69, 9.17) is 14.3 Å². The van der Waals surface area contributed by atoms with Crippen LogP contribution in [0.15, 0.2) is 18.2 Å². The molecule has 0 fully saturated rings. The van der Waals surface area contributed by atoms with Gasteiger partial charge in [0.15, 0.2) is 0 Å². The first-order chi connectivity index (χ1) is 8.67. The maximum absolute atomic E-state index is 10.7. The quantitative estimate of drug-likeness (QED) is 0.428. The number of hydrogen-bond acceptors (Lipinski definition) is 6. The number of rotatable bonds is 8. The molecule has 100 valence electrons. The minimum Gasteiger partial charge on any atom is -0.496 e. The van der Waals surface area contributed by atoms with E-state index in [-0.39, 0.29) is 5.69 Å². The summed E-state index contributed by atoms with van der Waals surface area (Å²) >= 11 is 0. The summed E-state index contributed by atoms with van der Waals surface area (Å²) < 4.78 is 9.80. The molecular formula is C11H16N2O5. The van der Waals surface area contributed by atoms with Crippen molar-refractivity contribution >= 4 is 5.69 Å². The molecule has 0 saturated heterocycles. The Morgan fingerprint density at radius 2 is 2.06 bits per heavy atom. The summed E-state index contributed by atoms with van der Waals surface area (Å²) in [6.45, 7) is 1.23. The largest absolute Gasteiger partial charge is 0.496 e. The molecule has 0 aromatic heterocycles. The number of non-ortho nitro benzene ring substituents is 1. The number of nitro groups is 1. The van der Waals surface area contributed by atoms with Crippen molar-refractivity contribution < 1.29 is 19.2 Å². The Bertz CT molecular complexity index is 397. The highest BCUT2D eigenvalue weighted by atomic mass is 16.7. The third-order valence-corrected chi connectivity index (χ3v) is 2.17. The number of hydroxylamine groups is 1. The zero-order valence-electron chi connectivity index (χ0n) is 10.3. The van der Waals surface area contributed by atoms with Gasteiger partial charge in [0.25, 0.3) is 5.69 Å². The summed E-state index contributed by atoms with van der Waals surface area (Å²) in [6, 6.07) is 4.55. The molecule has 1 N–H and O–H groups in total. The molecule has 0 atom stereocenters. The molecule has 0 radical (unpaired) electrons. The summed E-state index contributed by atoms with van der Waals surface area (Å²) in [7, 11) is 3.04. The normalized spacial score (nSPS) is 10.3. The van der Waals surface area contributed by atoms with Crippen molar-refractivity contribution in [2.24, 2.45) is 0 Å². The van der Waals surface area contributed by atoms with Crippen LogP contribution in [0, 0.1) is 10.1 Å². The lowest BCUT2D eigenvalue weighted by molar-refractivity contribution is -0.385. The average molecular weight is 256 g/mol. The van der Waals surface area contributed by atoms with Gasteiger partial charge < -0.3 is 9.47 Å². The second-order valence-electron chi connectivity index (χ2n) is 3.46. The molecule has 0 heterocycles. The van der Waals surface area contributed by atoms with E-state index in [1.165, 1.54) is 19.2 Å². The van der Waals surface area contributed by atoms with Gasteiger partial charge in [-0.25, -0.2) is 0 Å². The summed E-state index contributed by atoms with van der Waals surface area (Å²) in [4.78, 5) is 15.3. The number of nitrogens with one attached hydrogen (secondary N) is 1. The van der Waals surface area contributed by atoms with Crippen LogP contribution in [0.25, 0.3) is 0 Å². The molecule has 0 aliphatic carbocycles. The van der Waals surface area contributed by atoms with Crippen LogP contribution in [-0.4, -0.2) is 32.4 Å². The van der Waals surface area contributed by atoms with Crippen LogP contribution in [0.2, 0.25) is 0 Å². The third-order valence-electron chi connectivity index (χ3n) is 2.17. The van der Waals surface area contributed by atoms with E-state index in [9.17, 15) is 10.1 Å². The molecule has 1 aromatic carbocycles. The SMILES string of the molecule is COCCONCc1cc(OC)cc([N+](=O)[O-])c1. The molecule has 0 amide bonds. The fraction of sp³-hybridized carbons (Fsp3) is 0.455. The highest BCUT2D eigenvalue weighted by Gasteiger charge is 2.09. The number of benzene rings is 1. The number of hydrogen-bond donors (Lipinski definition) is 1.